The lowest BCUT2D eigenvalue weighted by Crippen LogP contribution is -2.49. The smallest absolute Gasteiger partial charge is 0.207 e. The molecule has 0 radical (unpaired) electrons. The summed E-state index contributed by atoms with van der Waals surface area (Å²) in [5, 5.41) is 0. The van der Waals surface area contributed by atoms with Crippen molar-refractivity contribution in [1.82, 2.24) is 0 Å². The molecule has 0 spiro atoms. The average Bonchev–Trinajstić information content (AvgIpc) is 2.48. The number of fused-ring (bicyclic) bond motifs is 3. The summed E-state index contributed by atoms with van der Waals surface area (Å²) in [4.78, 5) is 0. The molecule has 4 rings (SSSR count). The maximum absolute atomic E-state index is 14.3. The van der Waals surface area contributed by atoms with E-state index in [1.165, 1.54) is 44.9 Å². The van der Waals surface area contributed by atoms with Crippen LogP contribution in [0, 0.1) is 22.7 Å². The number of hydrogen-bond acceptors (Lipinski definition) is 0. The summed E-state index contributed by atoms with van der Waals surface area (Å²) < 4.78 is 28.7. The second-order valence-corrected chi connectivity index (χ2v) is 8.06. The van der Waals surface area contributed by atoms with Gasteiger partial charge in [0.1, 0.15) is 0 Å². The summed E-state index contributed by atoms with van der Waals surface area (Å²) in [6.07, 6.45) is 11.6. The molecule has 2 heteroatoms. The third-order valence-corrected chi connectivity index (χ3v) is 7.55. The van der Waals surface area contributed by atoms with Crippen molar-refractivity contribution >= 4 is 0 Å². The van der Waals surface area contributed by atoms with Gasteiger partial charge in [0.2, 0.25) is 0 Å². The second-order valence-electron chi connectivity index (χ2n) is 8.06. The van der Waals surface area contributed by atoms with Gasteiger partial charge in [0.05, 0.1) is 0 Å². The zero-order chi connectivity index (χ0) is 14.4. The van der Waals surface area contributed by atoms with Crippen LogP contribution in [0.15, 0.2) is 0 Å². The lowest BCUT2D eigenvalue weighted by Gasteiger charge is -2.58. The predicted molar refractivity (Wildman–Crippen MR) is 78.9 cm³/mol. The second kappa shape index (κ2) is 4.95. The van der Waals surface area contributed by atoms with Crippen LogP contribution in [0.4, 0.5) is 8.78 Å². The molecule has 0 nitrogen and oxygen atoms in total. The molecule has 0 aromatic heterocycles. The Morgan fingerprint density at radius 1 is 0.900 bits per heavy atom. The number of hydrogen-bond donors (Lipinski definition) is 0. The molecular weight excluding hydrogens is 254 g/mol. The highest BCUT2D eigenvalue weighted by Gasteiger charge is 2.55. The average molecular weight is 284 g/mol. The Hall–Kier alpha value is -0.140. The molecule has 0 aliphatic heterocycles. The predicted octanol–water partition coefficient (Wildman–Crippen LogP) is 6.20. The van der Waals surface area contributed by atoms with Gasteiger partial charge in [-0.15, -0.1) is 0 Å². The Morgan fingerprint density at radius 2 is 1.50 bits per heavy atom. The molecule has 4 fully saturated rings. The Bertz CT molecular complexity index is 336. The quantitative estimate of drug-likeness (QED) is 0.579. The number of halogens is 2. The number of rotatable bonds is 3. The molecule has 4 saturated carbocycles. The molecule has 0 heterocycles. The van der Waals surface area contributed by atoms with Gasteiger partial charge >= 0.3 is 0 Å². The maximum atomic E-state index is 14.3. The van der Waals surface area contributed by atoms with Crippen molar-refractivity contribution in [3.8, 4) is 0 Å². The van der Waals surface area contributed by atoms with Crippen molar-refractivity contribution in [1.29, 1.82) is 0 Å². The van der Waals surface area contributed by atoms with Gasteiger partial charge in [-0.3, -0.25) is 0 Å². The topological polar surface area (TPSA) is 0 Å². The Morgan fingerprint density at radius 3 is 1.95 bits per heavy atom. The first kappa shape index (κ1) is 14.8. The van der Waals surface area contributed by atoms with Gasteiger partial charge in [-0.2, -0.15) is 0 Å². The lowest BCUT2D eigenvalue weighted by molar-refractivity contribution is -0.146. The van der Waals surface area contributed by atoms with Crippen LogP contribution < -0.4 is 0 Å². The third-order valence-electron chi connectivity index (χ3n) is 7.55. The first-order valence-corrected chi connectivity index (χ1v) is 8.83. The van der Waals surface area contributed by atoms with E-state index in [2.05, 4.69) is 6.92 Å². The van der Waals surface area contributed by atoms with Crippen molar-refractivity contribution < 1.29 is 8.78 Å². The van der Waals surface area contributed by atoms with Gasteiger partial charge in [-0.05, 0) is 74.5 Å². The molecule has 0 aromatic carbocycles. The molecule has 0 saturated heterocycles. The fourth-order valence-corrected chi connectivity index (χ4v) is 5.67. The Balaban J connectivity index is 1.72. The molecule has 2 atom stereocenters. The van der Waals surface area contributed by atoms with Gasteiger partial charge in [-0.25, -0.2) is 8.78 Å². The summed E-state index contributed by atoms with van der Waals surface area (Å²) >= 11 is 0. The highest BCUT2D eigenvalue weighted by molar-refractivity contribution is 5.04. The Kier molecular flexibility index (Phi) is 3.66. The minimum absolute atomic E-state index is 0.185. The van der Waals surface area contributed by atoms with E-state index in [0.717, 1.165) is 12.8 Å². The van der Waals surface area contributed by atoms with Crippen LogP contribution in [0.1, 0.15) is 84.5 Å². The third kappa shape index (κ3) is 2.22. The monoisotopic (exact) mass is 284 g/mol. The standard InChI is InChI=1S/C18H30F2/c1-3-14-5-6-15(13-18(14,19)20)17-10-7-16(4-2,8-11-17)9-12-17/h14-15H,3-13H2,1-2H3/t14-,15-,16?,17?/m0/s1. The van der Waals surface area contributed by atoms with Crippen LogP contribution in [-0.4, -0.2) is 5.92 Å². The van der Waals surface area contributed by atoms with E-state index in [1.807, 2.05) is 6.92 Å². The largest absolute Gasteiger partial charge is 0.251 e. The minimum atomic E-state index is -2.40. The van der Waals surface area contributed by atoms with Crippen LogP contribution >= 0.6 is 0 Å². The van der Waals surface area contributed by atoms with E-state index in [1.54, 1.807) is 0 Å². The van der Waals surface area contributed by atoms with E-state index in [9.17, 15) is 8.78 Å². The molecule has 116 valence electrons. The molecular formula is C18H30F2. The number of alkyl halides is 2. The zero-order valence-corrected chi connectivity index (χ0v) is 13.2. The summed E-state index contributed by atoms with van der Waals surface area (Å²) in [5.74, 6) is -2.45. The molecule has 0 unspecified atom stereocenters. The first-order valence-electron chi connectivity index (χ1n) is 8.83. The van der Waals surface area contributed by atoms with Crippen molar-refractivity contribution in [3.63, 3.8) is 0 Å². The van der Waals surface area contributed by atoms with E-state index in [0.29, 0.717) is 23.2 Å². The molecule has 4 aliphatic carbocycles. The van der Waals surface area contributed by atoms with Crippen LogP contribution in [-0.2, 0) is 0 Å². The molecule has 0 amide bonds. The van der Waals surface area contributed by atoms with Gasteiger partial charge in [0, 0.05) is 12.3 Å². The maximum Gasteiger partial charge on any atom is 0.251 e. The lowest BCUT2D eigenvalue weighted by atomic mass is 9.47. The Labute approximate surface area is 122 Å². The summed E-state index contributed by atoms with van der Waals surface area (Å²) in [6.45, 7) is 4.24. The highest BCUT2D eigenvalue weighted by Crippen LogP contribution is 2.64. The highest BCUT2D eigenvalue weighted by atomic mass is 19.3. The van der Waals surface area contributed by atoms with Crippen LogP contribution in [0.25, 0.3) is 0 Å². The van der Waals surface area contributed by atoms with Crippen molar-refractivity contribution in [2.45, 2.75) is 90.4 Å². The summed E-state index contributed by atoms with van der Waals surface area (Å²) in [7, 11) is 0. The summed E-state index contributed by atoms with van der Waals surface area (Å²) in [5.41, 5.74) is 0.879. The van der Waals surface area contributed by atoms with E-state index < -0.39 is 5.92 Å². The zero-order valence-electron chi connectivity index (χ0n) is 13.2. The normalized spacial score (nSPS) is 47.4. The van der Waals surface area contributed by atoms with E-state index in [4.69, 9.17) is 0 Å². The SMILES string of the molecule is CC[C@H]1CC[C@H](C23CCC(CC)(CC2)CC3)CC1(F)F. The van der Waals surface area contributed by atoms with Crippen LogP contribution in [0.2, 0.25) is 0 Å². The van der Waals surface area contributed by atoms with Gasteiger partial charge in [0.15, 0.2) is 0 Å². The molecule has 20 heavy (non-hydrogen) atoms. The van der Waals surface area contributed by atoms with Crippen LogP contribution in [0.3, 0.4) is 0 Å². The van der Waals surface area contributed by atoms with Gasteiger partial charge in [-0.1, -0.05) is 20.3 Å². The van der Waals surface area contributed by atoms with Crippen molar-refractivity contribution in [2.24, 2.45) is 22.7 Å². The van der Waals surface area contributed by atoms with Gasteiger partial charge < -0.3 is 0 Å². The fraction of sp³-hybridized carbons (Fsp3) is 1.00. The van der Waals surface area contributed by atoms with Gasteiger partial charge in [0.25, 0.3) is 5.92 Å². The molecule has 0 N–H and O–H groups in total. The summed E-state index contributed by atoms with van der Waals surface area (Å²) in [6, 6.07) is 0. The minimum Gasteiger partial charge on any atom is -0.207 e. The van der Waals surface area contributed by atoms with Crippen molar-refractivity contribution in [3.05, 3.63) is 0 Å². The molecule has 2 bridgehead atoms. The van der Waals surface area contributed by atoms with E-state index in [-0.39, 0.29) is 12.3 Å². The fourth-order valence-electron chi connectivity index (χ4n) is 5.67. The van der Waals surface area contributed by atoms with Crippen LogP contribution in [0.5, 0.6) is 0 Å². The molecule has 4 aliphatic rings. The first-order chi connectivity index (χ1) is 9.45. The molecule has 0 aromatic rings. The van der Waals surface area contributed by atoms with E-state index >= 15 is 0 Å². The van der Waals surface area contributed by atoms with Crippen molar-refractivity contribution in [2.75, 3.05) is 0 Å².